The van der Waals surface area contributed by atoms with Gasteiger partial charge in [0.15, 0.2) is 0 Å². The molecule has 0 atom stereocenters. The molecular weight excluding hydrogens is 268 g/mol. The summed E-state index contributed by atoms with van der Waals surface area (Å²) in [7, 11) is -3.52. The number of nitrogens with one attached hydrogen (secondary N) is 2. The Bertz CT molecular complexity index is 400. The van der Waals surface area contributed by atoms with Crippen LogP contribution < -0.4 is 10.0 Å². The minimum absolute atomic E-state index is 0.126. The molecule has 2 fully saturated rings. The van der Waals surface area contributed by atoms with E-state index in [0.29, 0.717) is 26.2 Å². The fourth-order valence-electron chi connectivity index (χ4n) is 2.38. The van der Waals surface area contributed by atoms with Crippen LogP contribution >= 0.6 is 0 Å². The van der Waals surface area contributed by atoms with Crippen molar-refractivity contribution in [2.75, 3.05) is 45.8 Å². The van der Waals surface area contributed by atoms with E-state index in [9.17, 15) is 13.2 Å². The third kappa shape index (κ3) is 4.13. The van der Waals surface area contributed by atoms with Crippen molar-refractivity contribution < 1.29 is 13.2 Å². The topological polar surface area (TPSA) is 81.8 Å². The van der Waals surface area contributed by atoms with Gasteiger partial charge in [0.1, 0.15) is 0 Å². The van der Waals surface area contributed by atoms with Crippen LogP contribution in [0.4, 0.5) is 0 Å². The summed E-state index contributed by atoms with van der Waals surface area (Å²) in [6, 6.07) is 0. The van der Waals surface area contributed by atoms with Gasteiger partial charge in [-0.1, -0.05) is 0 Å². The number of likely N-dealkylation sites (tertiary alicyclic amines) is 1. The summed E-state index contributed by atoms with van der Waals surface area (Å²) in [6.07, 6.45) is 3.17. The maximum absolute atomic E-state index is 12.0. The molecule has 0 saturated carbocycles. The van der Waals surface area contributed by atoms with Crippen LogP contribution in [0.25, 0.3) is 0 Å². The molecule has 1 amide bonds. The normalized spacial score (nSPS) is 22.4. The minimum atomic E-state index is -3.52. The smallest absolute Gasteiger partial charge is 0.280 e. The molecule has 0 spiro atoms. The van der Waals surface area contributed by atoms with E-state index in [1.807, 2.05) is 0 Å². The molecule has 2 aliphatic heterocycles. The highest BCUT2D eigenvalue weighted by atomic mass is 32.2. The Morgan fingerprint density at radius 1 is 1.05 bits per heavy atom. The molecule has 2 N–H and O–H groups in total. The summed E-state index contributed by atoms with van der Waals surface area (Å²) >= 11 is 0. The van der Waals surface area contributed by atoms with Crippen LogP contribution in [-0.4, -0.2) is 69.3 Å². The molecule has 2 heterocycles. The highest BCUT2D eigenvalue weighted by molar-refractivity contribution is 7.87. The van der Waals surface area contributed by atoms with Crippen LogP contribution in [0.15, 0.2) is 0 Å². The van der Waals surface area contributed by atoms with E-state index in [1.54, 1.807) is 4.90 Å². The first-order valence-electron chi connectivity index (χ1n) is 6.83. The molecule has 0 aromatic rings. The highest BCUT2D eigenvalue weighted by Gasteiger charge is 2.25. The molecule has 0 aromatic carbocycles. The van der Waals surface area contributed by atoms with Crippen LogP contribution in [0.5, 0.6) is 0 Å². The van der Waals surface area contributed by atoms with Crippen LogP contribution in [0, 0.1) is 0 Å². The van der Waals surface area contributed by atoms with Gasteiger partial charge in [-0.05, 0) is 19.3 Å². The standard InChI is InChI=1S/C11H22N4O3S/c16-11(14-6-2-1-3-7-14)10-13-19(17,18)15-8-4-12-5-9-15/h12-13H,1-10H2. The molecule has 0 aromatic heterocycles. The van der Waals surface area contributed by atoms with Gasteiger partial charge in [-0.3, -0.25) is 4.79 Å². The maximum Gasteiger partial charge on any atom is 0.280 e. The molecule has 7 nitrogen and oxygen atoms in total. The number of hydrogen-bond acceptors (Lipinski definition) is 4. The van der Waals surface area contributed by atoms with Crippen molar-refractivity contribution in [3.8, 4) is 0 Å². The second kappa shape index (κ2) is 6.65. The van der Waals surface area contributed by atoms with E-state index >= 15 is 0 Å². The van der Waals surface area contributed by atoms with Crippen molar-refractivity contribution in [3.63, 3.8) is 0 Å². The number of piperazine rings is 1. The van der Waals surface area contributed by atoms with E-state index in [0.717, 1.165) is 32.4 Å². The Balaban J connectivity index is 1.81. The van der Waals surface area contributed by atoms with Gasteiger partial charge in [-0.15, -0.1) is 0 Å². The third-order valence-electron chi connectivity index (χ3n) is 3.53. The second-order valence-electron chi connectivity index (χ2n) is 4.92. The van der Waals surface area contributed by atoms with Gasteiger partial charge in [-0.25, -0.2) is 0 Å². The molecule has 0 aliphatic carbocycles. The molecule has 8 heteroatoms. The lowest BCUT2D eigenvalue weighted by atomic mass is 10.1. The zero-order chi connectivity index (χ0) is 13.7. The Labute approximate surface area is 114 Å². The van der Waals surface area contributed by atoms with Crippen LogP contribution in [-0.2, 0) is 15.0 Å². The predicted molar refractivity (Wildman–Crippen MR) is 71.8 cm³/mol. The zero-order valence-electron chi connectivity index (χ0n) is 11.1. The largest absolute Gasteiger partial charge is 0.342 e. The lowest BCUT2D eigenvalue weighted by molar-refractivity contribution is -0.130. The molecular formula is C11H22N4O3S. The van der Waals surface area contributed by atoms with Gasteiger partial charge in [0.2, 0.25) is 5.91 Å². The number of nitrogens with zero attached hydrogens (tertiary/aromatic N) is 2. The highest BCUT2D eigenvalue weighted by Crippen LogP contribution is 2.08. The summed E-state index contributed by atoms with van der Waals surface area (Å²) in [5, 5.41) is 3.09. The molecule has 110 valence electrons. The third-order valence-corrected chi connectivity index (χ3v) is 5.08. The van der Waals surface area contributed by atoms with E-state index in [2.05, 4.69) is 10.0 Å². The molecule has 0 bridgehead atoms. The number of piperidine rings is 1. The van der Waals surface area contributed by atoms with Crippen molar-refractivity contribution in [2.45, 2.75) is 19.3 Å². The van der Waals surface area contributed by atoms with Crippen LogP contribution in [0.3, 0.4) is 0 Å². The van der Waals surface area contributed by atoms with Gasteiger partial charge in [-0.2, -0.15) is 17.4 Å². The van der Waals surface area contributed by atoms with Crippen molar-refractivity contribution in [3.05, 3.63) is 0 Å². The van der Waals surface area contributed by atoms with Crippen molar-refractivity contribution >= 4 is 16.1 Å². The van der Waals surface area contributed by atoms with Crippen molar-refractivity contribution in [1.29, 1.82) is 0 Å². The van der Waals surface area contributed by atoms with E-state index in [4.69, 9.17) is 0 Å². The molecule has 2 rings (SSSR count). The molecule has 0 unspecified atom stereocenters. The van der Waals surface area contributed by atoms with Crippen molar-refractivity contribution in [2.24, 2.45) is 0 Å². The zero-order valence-corrected chi connectivity index (χ0v) is 11.9. The van der Waals surface area contributed by atoms with Crippen LogP contribution in [0.2, 0.25) is 0 Å². The Hall–Kier alpha value is -0.700. The summed E-state index contributed by atoms with van der Waals surface area (Å²) in [4.78, 5) is 13.6. The van der Waals surface area contributed by atoms with Gasteiger partial charge in [0.25, 0.3) is 10.2 Å². The Kier molecular flexibility index (Phi) is 5.14. The lowest BCUT2D eigenvalue weighted by Gasteiger charge is -2.29. The Morgan fingerprint density at radius 2 is 1.68 bits per heavy atom. The number of hydrogen-bond donors (Lipinski definition) is 2. The molecule has 2 aliphatic rings. The average Bonchev–Trinajstić information content (AvgIpc) is 2.47. The predicted octanol–water partition coefficient (Wildman–Crippen LogP) is -1.26. The number of amides is 1. The van der Waals surface area contributed by atoms with E-state index in [-0.39, 0.29) is 12.5 Å². The van der Waals surface area contributed by atoms with Gasteiger partial charge in [0, 0.05) is 39.3 Å². The number of carbonyl (C=O) groups is 1. The number of carbonyl (C=O) groups excluding carboxylic acids is 1. The maximum atomic E-state index is 12.0. The quantitative estimate of drug-likeness (QED) is 0.677. The first-order chi connectivity index (χ1) is 9.09. The van der Waals surface area contributed by atoms with Crippen molar-refractivity contribution in [1.82, 2.24) is 19.2 Å². The minimum Gasteiger partial charge on any atom is -0.342 e. The second-order valence-corrected chi connectivity index (χ2v) is 6.67. The summed E-state index contributed by atoms with van der Waals surface area (Å²) < 4.78 is 27.8. The van der Waals surface area contributed by atoms with E-state index < -0.39 is 10.2 Å². The summed E-state index contributed by atoms with van der Waals surface area (Å²) in [5.74, 6) is -0.126. The summed E-state index contributed by atoms with van der Waals surface area (Å²) in [5.41, 5.74) is 0. The van der Waals surface area contributed by atoms with Crippen LogP contribution in [0.1, 0.15) is 19.3 Å². The molecule has 2 saturated heterocycles. The van der Waals surface area contributed by atoms with Gasteiger partial charge in [0.05, 0.1) is 6.54 Å². The molecule has 0 radical (unpaired) electrons. The fraction of sp³-hybridized carbons (Fsp3) is 0.909. The SMILES string of the molecule is O=C(CNS(=O)(=O)N1CCNCC1)N1CCCCC1. The van der Waals surface area contributed by atoms with Gasteiger partial charge < -0.3 is 10.2 Å². The average molecular weight is 290 g/mol. The first-order valence-corrected chi connectivity index (χ1v) is 8.27. The van der Waals surface area contributed by atoms with E-state index in [1.165, 1.54) is 4.31 Å². The summed E-state index contributed by atoms with van der Waals surface area (Å²) in [6.45, 7) is 3.57. The Morgan fingerprint density at radius 3 is 2.32 bits per heavy atom. The first kappa shape index (κ1) is 14.7. The fourth-order valence-corrected chi connectivity index (χ4v) is 3.54. The lowest BCUT2D eigenvalue weighted by Crippen LogP contribution is -2.52. The number of rotatable bonds is 4. The molecule has 19 heavy (non-hydrogen) atoms. The van der Waals surface area contributed by atoms with Gasteiger partial charge >= 0.3 is 0 Å². The monoisotopic (exact) mass is 290 g/mol.